The first-order chi connectivity index (χ1) is 12.9. The van der Waals surface area contributed by atoms with Crippen molar-refractivity contribution in [1.82, 2.24) is 4.31 Å². The van der Waals surface area contributed by atoms with Gasteiger partial charge in [-0.05, 0) is 37.3 Å². The van der Waals surface area contributed by atoms with Gasteiger partial charge in [-0.15, -0.1) is 11.8 Å². The average molecular weight is 404 g/mol. The normalized spacial score (nSPS) is 20.9. The summed E-state index contributed by atoms with van der Waals surface area (Å²) < 4.78 is 27.6. The molecular formula is C19H21N3O3S2. The SMILES string of the molecule is C[C@H]1Sc2ccc(S(=O)(=O)N3CCN(c4ccccc4)CC3)cc2NC1=O. The second-order valence-corrected chi connectivity index (χ2v) is 9.95. The number of thioether (sulfide) groups is 1. The average Bonchev–Trinajstić information content (AvgIpc) is 2.69. The van der Waals surface area contributed by atoms with Crippen LogP contribution in [0.2, 0.25) is 0 Å². The lowest BCUT2D eigenvalue weighted by Crippen LogP contribution is -2.48. The number of hydrogen-bond acceptors (Lipinski definition) is 5. The van der Waals surface area contributed by atoms with Crippen LogP contribution in [0.5, 0.6) is 0 Å². The number of piperazine rings is 1. The lowest BCUT2D eigenvalue weighted by atomic mass is 10.2. The van der Waals surface area contributed by atoms with E-state index >= 15 is 0 Å². The van der Waals surface area contributed by atoms with Crippen molar-refractivity contribution in [2.24, 2.45) is 0 Å². The molecule has 2 aliphatic rings. The monoisotopic (exact) mass is 403 g/mol. The van der Waals surface area contributed by atoms with E-state index in [0.717, 1.165) is 10.6 Å². The van der Waals surface area contributed by atoms with Crippen molar-refractivity contribution in [1.29, 1.82) is 0 Å². The zero-order chi connectivity index (χ0) is 19.0. The van der Waals surface area contributed by atoms with Gasteiger partial charge in [-0.3, -0.25) is 4.79 Å². The summed E-state index contributed by atoms with van der Waals surface area (Å²) in [7, 11) is -3.59. The molecule has 1 amide bonds. The number of amides is 1. The smallest absolute Gasteiger partial charge is 0.243 e. The van der Waals surface area contributed by atoms with Gasteiger partial charge in [0.15, 0.2) is 0 Å². The molecule has 1 saturated heterocycles. The second-order valence-electron chi connectivity index (χ2n) is 6.63. The number of para-hydroxylation sites is 1. The lowest BCUT2D eigenvalue weighted by molar-refractivity contribution is -0.115. The summed E-state index contributed by atoms with van der Waals surface area (Å²) in [6.07, 6.45) is 0. The standard InChI is InChI=1S/C19H21N3O3S2/c1-14-19(23)20-17-13-16(7-8-18(17)26-14)27(24,25)22-11-9-21(10-12-22)15-5-3-2-4-6-15/h2-8,13-14H,9-12H2,1H3,(H,20,23)/t14-/m1/s1. The highest BCUT2D eigenvalue weighted by Crippen LogP contribution is 2.37. The third-order valence-corrected chi connectivity index (χ3v) is 7.95. The summed E-state index contributed by atoms with van der Waals surface area (Å²) in [6, 6.07) is 15.0. The number of rotatable bonds is 3. The van der Waals surface area contributed by atoms with Crippen molar-refractivity contribution in [3.8, 4) is 0 Å². The zero-order valence-corrected chi connectivity index (χ0v) is 16.6. The number of carbonyl (C=O) groups is 1. The molecule has 1 N–H and O–H groups in total. The van der Waals surface area contributed by atoms with Crippen molar-refractivity contribution in [2.45, 2.75) is 22.0 Å². The maximum atomic E-state index is 13.0. The van der Waals surface area contributed by atoms with Gasteiger partial charge in [0, 0.05) is 36.8 Å². The van der Waals surface area contributed by atoms with Gasteiger partial charge in [0.25, 0.3) is 0 Å². The minimum Gasteiger partial charge on any atom is -0.369 e. The number of fused-ring (bicyclic) bond motifs is 1. The van der Waals surface area contributed by atoms with Crippen LogP contribution < -0.4 is 10.2 Å². The van der Waals surface area contributed by atoms with Gasteiger partial charge in [-0.1, -0.05) is 18.2 Å². The fourth-order valence-electron chi connectivity index (χ4n) is 3.32. The molecule has 0 saturated carbocycles. The number of anilines is 2. The molecule has 4 rings (SSSR count). The molecule has 0 radical (unpaired) electrons. The highest BCUT2D eigenvalue weighted by molar-refractivity contribution is 8.01. The van der Waals surface area contributed by atoms with Crippen LogP contribution in [0.25, 0.3) is 0 Å². The van der Waals surface area contributed by atoms with E-state index in [4.69, 9.17) is 0 Å². The Balaban J connectivity index is 1.51. The van der Waals surface area contributed by atoms with Gasteiger partial charge in [-0.25, -0.2) is 8.42 Å². The molecule has 2 aliphatic heterocycles. The molecule has 0 spiro atoms. The maximum absolute atomic E-state index is 13.0. The largest absolute Gasteiger partial charge is 0.369 e. The molecular weight excluding hydrogens is 382 g/mol. The van der Waals surface area contributed by atoms with Gasteiger partial charge in [0.1, 0.15) is 0 Å². The molecule has 27 heavy (non-hydrogen) atoms. The number of nitrogens with one attached hydrogen (secondary N) is 1. The van der Waals surface area contributed by atoms with Crippen molar-refractivity contribution < 1.29 is 13.2 Å². The summed E-state index contributed by atoms with van der Waals surface area (Å²) in [5.41, 5.74) is 1.68. The van der Waals surface area contributed by atoms with Crippen LogP contribution in [0.3, 0.4) is 0 Å². The van der Waals surface area contributed by atoms with Gasteiger partial charge < -0.3 is 10.2 Å². The van der Waals surface area contributed by atoms with Crippen molar-refractivity contribution >= 4 is 39.1 Å². The van der Waals surface area contributed by atoms with Crippen molar-refractivity contribution in [3.05, 3.63) is 48.5 Å². The molecule has 0 aliphatic carbocycles. The van der Waals surface area contributed by atoms with Crippen LogP contribution in [-0.4, -0.2) is 50.1 Å². The first-order valence-electron chi connectivity index (χ1n) is 8.87. The first kappa shape index (κ1) is 18.3. The van der Waals surface area contributed by atoms with E-state index in [0.29, 0.717) is 31.9 Å². The fourth-order valence-corrected chi connectivity index (χ4v) is 5.70. The van der Waals surface area contributed by atoms with Crippen molar-refractivity contribution in [2.75, 3.05) is 36.4 Å². The summed E-state index contributed by atoms with van der Waals surface area (Å²) in [5.74, 6) is -0.0986. The molecule has 2 aromatic rings. The third kappa shape index (κ3) is 3.56. The summed E-state index contributed by atoms with van der Waals surface area (Å²) >= 11 is 1.45. The molecule has 0 aromatic heterocycles. The highest BCUT2D eigenvalue weighted by Gasteiger charge is 2.30. The first-order valence-corrected chi connectivity index (χ1v) is 11.2. The molecule has 0 unspecified atom stereocenters. The topological polar surface area (TPSA) is 69.7 Å². The minimum absolute atomic E-state index is 0.0986. The molecule has 142 valence electrons. The Morgan fingerprint density at radius 3 is 2.44 bits per heavy atom. The number of hydrogen-bond donors (Lipinski definition) is 1. The van der Waals surface area contributed by atoms with E-state index in [2.05, 4.69) is 10.2 Å². The van der Waals surface area contributed by atoms with E-state index < -0.39 is 10.0 Å². The van der Waals surface area contributed by atoms with E-state index in [9.17, 15) is 13.2 Å². The number of nitrogens with zero attached hydrogens (tertiary/aromatic N) is 2. The Hall–Kier alpha value is -2.03. The van der Waals surface area contributed by atoms with Crippen LogP contribution in [0.4, 0.5) is 11.4 Å². The molecule has 1 atom stereocenters. The fraction of sp³-hybridized carbons (Fsp3) is 0.316. The predicted molar refractivity (Wildman–Crippen MR) is 108 cm³/mol. The van der Waals surface area contributed by atoms with Gasteiger partial charge in [-0.2, -0.15) is 4.31 Å². The van der Waals surface area contributed by atoms with Crippen molar-refractivity contribution in [3.63, 3.8) is 0 Å². The summed E-state index contributed by atoms with van der Waals surface area (Å²) in [5, 5.41) is 2.63. The Kier molecular flexibility index (Phi) is 4.88. The number of benzene rings is 2. The van der Waals surface area contributed by atoms with E-state index in [1.54, 1.807) is 18.2 Å². The van der Waals surface area contributed by atoms with E-state index in [1.165, 1.54) is 16.1 Å². The molecule has 1 fully saturated rings. The summed E-state index contributed by atoms with van der Waals surface area (Å²) in [6.45, 7) is 4.01. The Morgan fingerprint density at radius 2 is 1.74 bits per heavy atom. The van der Waals surface area contributed by atoms with Crippen LogP contribution in [0, 0.1) is 0 Å². The second kappa shape index (κ2) is 7.18. The molecule has 2 heterocycles. The van der Waals surface area contributed by atoms with Crippen LogP contribution in [0.1, 0.15) is 6.92 Å². The zero-order valence-electron chi connectivity index (χ0n) is 15.0. The molecule has 8 heteroatoms. The quantitative estimate of drug-likeness (QED) is 0.853. The molecule has 2 aromatic carbocycles. The van der Waals surface area contributed by atoms with Gasteiger partial charge >= 0.3 is 0 Å². The third-order valence-electron chi connectivity index (χ3n) is 4.88. The highest BCUT2D eigenvalue weighted by atomic mass is 32.2. The summed E-state index contributed by atoms with van der Waals surface area (Å²) in [4.78, 5) is 15.2. The van der Waals surface area contributed by atoms with Gasteiger partial charge in [0.05, 0.1) is 15.8 Å². The molecule has 0 bridgehead atoms. The van der Waals surface area contributed by atoms with Gasteiger partial charge in [0.2, 0.25) is 15.9 Å². The molecule has 6 nitrogen and oxygen atoms in total. The lowest BCUT2D eigenvalue weighted by Gasteiger charge is -2.35. The minimum atomic E-state index is -3.59. The Labute approximate surface area is 163 Å². The number of sulfonamides is 1. The van der Waals surface area contributed by atoms with E-state index in [1.807, 2.05) is 37.3 Å². The van der Waals surface area contributed by atoms with Crippen LogP contribution in [-0.2, 0) is 14.8 Å². The Morgan fingerprint density at radius 1 is 1.04 bits per heavy atom. The Bertz CT molecular complexity index is 955. The maximum Gasteiger partial charge on any atom is 0.243 e. The van der Waals surface area contributed by atoms with Crippen LogP contribution in [0.15, 0.2) is 58.3 Å². The number of carbonyl (C=O) groups excluding carboxylic acids is 1. The predicted octanol–water partition coefficient (Wildman–Crippen LogP) is 2.63. The van der Waals surface area contributed by atoms with Crippen LogP contribution >= 0.6 is 11.8 Å². The van der Waals surface area contributed by atoms with E-state index in [-0.39, 0.29) is 16.1 Å².